The Hall–Kier alpha value is -1.69. The van der Waals surface area contributed by atoms with Crippen LogP contribution >= 0.6 is 11.3 Å². The molecule has 1 atom stereocenters. The van der Waals surface area contributed by atoms with E-state index in [9.17, 15) is 9.90 Å². The molecule has 0 aliphatic rings. The Morgan fingerprint density at radius 3 is 2.63 bits per heavy atom. The number of hydrogen-bond acceptors (Lipinski definition) is 4. The third kappa shape index (κ3) is 3.89. The van der Waals surface area contributed by atoms with Gasteiger partial charge in [0.25, 0.3) is 5.91 Å². The van der Waals surface area contributed by atoms with Crippen LogP contribution in [0.4, 0.5) is 0 Å². The van der Waals surface area contributed by atoms with Gasteiger partial charge >= 0.3 is 0 Å². The molecule has 0 fully saturated rings. The van der Waals surface area contributed by atoms with E-state index in [2.05, 4.69) is 5.32 Å². The summed E-state index contributed by atoms with van der Waals surface area (Å²) in [6.45, 7) is 1.08. The first kappa shape index (κ1) is 13.7. The molecule has 19 heavy (non-hydrogen) atoms. The molecule has 1 unspecified atom stereocenters. The van der Waals surface area contributed by atoms with Crippen molar-refractivity contribution >= 4 is 17.2 Å². The van der Waals surface area contributed by atoms with Gasteiger partial charge in [-0.1, -0.05) is 30.3 Å². The standard InChI is InChI=1S/C14H16N2O2S/c15-14(18)13-7-6-11(19-13)8-16-9-12(17)10-4-2-1-3-5-10/h1-7,12,16-17H,8-9H2,(H2,15,18). The molecule has 100 valence electrons. The molecule has 1 heterocycles. The van der Waals surface area contributed by atoms with Gasteiger partial charge in [0.05, 0.1) is 11.0 Å². The Balaban J connectivity index is 1.81. The van der Waals surface area contributed by atoms with Gasteiger partial charge in [0.2, 0.25) is 0 Å². The lowest BCUT2D eigenvalue weighted by Gasteiger charge is -2.11. The molecular weight excluding hydrogens is 260 g/mol. The minimum Gasteiger partial charge on any atom is -0.387 e. The van der Waals surface area contributed by atoms with Gasteiger partial charge in [0.1, 0.15) is 0 Å². The topological polar surface area (TPSA) is 75.4 Å². The third-order valence-corrected chi connectivity index (χ3v) is 3.83. The Kier molecular flexibility index (Phi) is 4.68. The molecule has 1 amide bonds. The highest BCUT2D eigenvalue weighted by atomic mass is 32.1. The Bertz CT molecular complexity index is 539. The molecule has 0 aliphatic carbocycles. The molecule has 2 rings (SSSR count). The number of carbonyl (C=O) groups excluding carboxylic acids is 1. The number of carbonyl (C=O) groups is 1. The van der Waals surface area contributed by atoms with E-state index in [-0.39, 0.29) is 0 Å². The number of benzene rings is 1. The Morgan fingerprint density at radius 1 is 1.26 bits per heavy atom. The van der Waals surface area contributed by atoms with Crippen molar-refractivity contribution in [3.63, 3.8) is 0 Å². The number of aliphatic hydroxyl groups excluding tert-OH is 1. The maximum atomic E-state index is 11.0. The maximum Gasteiger partial charge on any atom is 0.258 e. The molecule has 0 bridgehead atoms. The van der Waals surface area contributed by atoms with Crippen LogP contribution in [0.3, 0.4) is 0 Å². The van der Waals surface area contributed by atoms with Crippen LogP contribution < -0.4 is 11.1 Å². The molecule has 0 radical (unpaired) electrons. The fourth-order valence-electron chi connectivity index (χ4n) is 1.73. The molecular formula is C14H16N2O2S. The zero-order chi connectivity index (χ0) is 13.7. The lowest BCUT2D eigenvalue weighted by atomic mass is 10.1. The molecule has 5 heteroatoms. The van der Waals surface area contributed by atoms with Gasteiger partial charge in [-0.3, -0.25) is 4.79 Å². The Labute approximate surface area is 115 Å². The number of aliphatic hydroxyl groups is 1. The van der Waals surface area contributed by atoms with Crippen LogP contribution in [0.25, 0.3) is 0 Å². The van der Waals surface area contributed by atoms with Crippen LogP contribution in [-0.4, -0.2) is 17.6 Å². The average Bonchev–Trinajstić information content (AvgIpc) is 2.89. The van der Waals surface area contributed by atoms with Crippen molar-refractivity contribution in [1.82, 2.24) is 5.32 Å². The molecule has 2 aromatic rings. The lowest BCUT2D eigenvalue weighted by molar-refractivity contribution is 0.100. The fraction of sp³-hybridized carbons (Fsp3) is 0.214. The van der Waals surface area contributed by atoms with Gasteiger partial charge < -0.3 is 16.2 Å². The van der Waals surface area contributed by atoms with Crippen LogP contribution in [0.15, 0.2) is 42.5 Å². The van der Waals surface area contributed by atoms with E-state index in [0.29, 0.717) is 18.0 Å². The summed E-state index contributed by atoms with van der Waals surface area (Å²) in [5, 5.41) is 13.1. The van der Waals surface area contributed by atoms with Crippen LogP contribution in [0, 0.1) is 0 Å². The first-order valence-corrected chi connectivity index (χ1v) is 6.80. The number of amides is 1. The fourth-order valence-corrected chi connectivity index (χ4v) is 2.56. The van der Waals surface area contributed by atoms with Crippen molar-refractivity contribution < 1.29 is 9.90 Å². The zero-order valence-electron chi connectivity index (χ0n) is 10.4. The normalized spacial score (nSPS) is 12.3. The van der Waals surface area contributed by atoms with Gasteiger partial charge in [-0.2, -0.15) is 0 Å². The van der Waals surface area contributed by atoms with Crippen LogP contribution in [0.5, 0.6) is 0 Å². The predicted molar refractivity (Wildman–Crippen MR) is 75.9 cm³/mol. The summed E-state index contributed by atoms with van der Waals surface area (Å²) in [6.07, 6.45) is -0.531. The van der Waals surface area contributed by atoms with Crippen LogP contribution in [0.2, 0.25) is 0 Å². The Morgan fingerprint density at radius 2 is 2.00 bits per heavy atom. The van der Waals surface area contributed by atoms with E-state index >= 15 is 0 Å². The molecule has 0 saturated carbocycles. The quantitative estimate of drug-likeness (QED) is 0.751. The van der Waals surface area contributed by atoms with Gasteiger partial charge in [-0.15, -0.1) is 11.3 Å². The molecule has 4 nitrogen and oxygen atoms in total. The van der Waals surface area contributed by atoms with E-state index in [4.69, 9.17) is 5.73 Å². The van der Waals surface area contributed by atoms with Gasteiger partial charge in [0, 0.05) is 18.0 Å². The van der Waals surface area contributed by atoms with E-state index in [1.165, 1.54) is 11.3 Å². The second-order valence-electron chi connectivity index (χ2n) is 4.19. The summed E-state index contributed by atoms with van der Waals surface area (Å²) in [7, 11) is 0. The van der Waals surface area contributed by atoms with E-state index in [0.717, 1.165) is 10.4 Å². The minimum atomic E-state index is -0.531. The molecule has 0 aliphatic heterocycles. The van der Waals surface area contributed by atoms with E-state index in [1.54, 1.807) is 6.07 Å². The summed E-state index contributed by atoms with van der Waals surface area (Å²) in [4.78, 5) is 12.5. The monoisotopic (exact) mass is 276 g/mol. The third-order valence-electron chi connectivity index (χ3n) is 2.73. The largest absolute Gasteiger partial charge is 0.387 e. The highest BCUT2D eigenvalue weighted by molar-refractivity contribution is 7.14. The second kappa shape index (κ2) is 6.47. The molecule has 0 saturated heterocycles. The van der Waals surface area contributed by atoms with E-state index < -0.39 is 12.0 Å². The van der Waals surface area contributed by atoms with Crippen molar-refractivity contribution in [1.29, 1.82) is 0 Å². The zero-order valence-corrected chi connectivity index (χ0v) is 11.2. The number of nitrogens with two attached hydrogens (primary N) is 1. The summed E-state index contributed by atoms with van der Waals surface area (Å²) < 4.78 is 0. The van der Waals surface area contributed by atoms with Crippen molar-refractivity contribution in [2.45, 2.75) is 12.6 Å². The summed E-state index contributed by atoms with van der Waals surface area (Å²) in [5.74, 6) is -0.402. The van der Waals surface area contributed by atoms with E-state index in [1.807, 2.05) is 36.4 Å². The highest BCUT2D eigenvalue weighted by Gasteiger charge is 2.08. The highest BCUT2D eigenvalue weighted by Crippen LogP contribution is 2.16. The predicted octanol–water partition coefficient (Wildman–Crippen LogP) is 1.67. The first-order chi connectivity index (χ1) is 9.16. The van der Waals surface area contributed by atoms with Crippen molar-refractivity contribution in [3.8, 4) is 0 Å². The number of nitrogens with one attached hydrogen (secondary N) is 1. The SMILES string of the molecule is NC(=O)c1ccc(CNCC(O)c2ccccc2)s1. The number of thiophene rings is 1. The first-order valence-electron chi connectivity index (χ1n) is 5.99. The van der Waals surface area contributed by atoms with Crippen LogP contribution in [0.1, 0.15) is 26.2 Å². The van der Waals surface area contributed by atoms with Gasteiger partial charge in [0.15, 0.2) is 0 Å². The summed E-state index contributed by atoms with van der Waals surface area (Å²) >= 11 is 1.37. The summed E-state index contributed by atoms with van der Waals surface area (Å²) in [6, 6.07) is 13.1. The van der Waals surface area contributed by atoms with Gasteiger partial charge in [-0.25, -0.2) is 0 Å². The molecule has 0 spiro atoms. The number of primary amides is 1. The van der Waals surface area contributed by atoms with Gasteiger partial charge in [-0.05, 0) is 17.7 Å². The number of hydrogen-bond donors (Lipinski definition) is 3. The average molecular weight is 276 g/mol. The van der Waals surface area contributed by atoms with Crippen molar-refractivity contribution in [2.24, 2.45) is 5.73 Å². The number of rotatable bonds is 6. The van der Waals surface area contributed by atoms with Crippen molar-refractivity contribution in [2.75, 3.05) is 6.54 Å². The minimum absolute atomic E-state index is 0.402. The second-order valence-corrected chi connectivity index (χ2v) is 5.36. The molecule has 1 aromatic heterocycles. The smallest absolute Gasteiger partial charge is 0.258 e. The molecule has 4 N–H and O–H groups in total. The lowest BCUT2D eigenvalue weighted by Crippen LogP contribution is -2.20. The summed E-state index contributed by atoms with van der Waals surface area (Å²) in [5.41, 5.74) is 6.08. The molecule has 1 aromatic carbocycles. The maximum absolute atomic E-state index is 11.0. The van der Waals surface area contributed by atoms with Crippen LogP contribution in [-0.2, 0) is 6.54 Å². The van der Waals surface area contributed by atoms with Crippen molar-refractivity contribution in [3.05, 3.63) is 57.8 Å².